The second-order valence-electron chi connectivity index (χ2n) is 4.64. The normalized spacial score (nSPS) is 14.7. The highest BCUT2D eigenvalue weighted by Crippen LogP contribution is 2.34. The van der Waals surface area contributed by atoms with E-state index in [4.69, 9.17) is 0 Å². The second kappa shape index (κ2) is 6.54. The van der Waals surface area contributed by atoms with Crippen LogP contribution in [0.2, 0.25) is 0 Å². The summed E-state index contributed by atoms with van der Waals surface area (Å²) in [5, 5.41) is 7.19. The maximum Gasteiger partial charge on any atom is 0.418 e. The van der Waals surface area contributed by atoms with Gasteiger partial charge in [-0.1, -0.05) is 12.1 Å². The van der Waals surface area contributed by atoms with Crippen molar-refractivity contribution in [1.82, 2.24) is 15.5 Å². The zero-order valence-corrected chi connectivity index (χ0v) is 11.5. The average Bonchev–Trinajstić information content (AvgIpc) is 2.84. The number of rotatable bonds is 4. The molecule has 0 bridgehead atoms. The summed E-state index contributed by atoms with van der Waals surface area (Å²) in [4.78, 5) is 24.4. The summed E-state index contributed by atoms with van der Waals surface area (Å²) in [5.41, 5.74) is -1.23. The van der Waals surface area contributed by atoms with Crippen LogP contribution in [0.5, 0.6) is 0 Å². The molecule has 22 heavy (non-hydrogen) atoms. The zero-order chi connectivity index (χ0) is 16.2. The molecule has 1 heterocycles. The fourth-order valence-electron chi connectivity index (χ4n) is 2.03. The zero-order valence-electron chi connectivity index (χ0n) is 11.5. The topological polar surface area (TPSA) is 73.5 Å². The van der Waals surface area contributed by atoms with E-state index in [2.05, 4.69) is 16.0 Å². The maximum atomic E-state index is 12.8. The molecule has 1 fully saturated rings. The molecule has 0 aromatic heterocycles. The first-order valence-electron chi connectivity index (χ1n) is 6.62. The van der Waals surface area contributed by atoms with Gasteiger partial charge in [0, 0.05) is 26.2 Å². The number of alkyl halides is 3. The predicted molar refractivity (Wildman–Crippen MR) is 73.4 cm³/mol. The SMILES string of the molecule is O=C(NCCN1CCNC1=O)Nc1ccccc1C(F)(F)F. The van der Waals surface area contributed by atoms with Crippen LogP contribution in [0.3, 0.4) is 0 Å². The molecule has 9 heteroatoms. The molecule has 1 aromatic rings. The van der Waals surface area contributed by atoms with Crippen LogP contribution < -0.4 is 16.0 Å². The molecule has 0 saturated carbocycles. The van der Waals surface area contributed by atoms with Crippen molar-refractivity contribution >= 4 is 17.7 Å². The second-order valence-corrected chi connectivity index (χ2v) is 4.64. The number of carbonyl (C=O) groups is 2. The quantitative estimate of drug-likeness (QED) is 0.793. The highest BCUT2D eigenvalue weighted by atomic mass is 19.4. The fourth-order valence-corrected chi connectivity index (χ4v) is 2.03. The van der Waals surface area contributed by atoms with Crippen LogP contribution >= 0.6 is 0 Å². The van der Waals surface area contributed by atoms with Gasteiger partial charge >= 0.3 is 18.2 Å². The molecule has 0 radical (unpaired) electrons. The van der Waals surface area contributed by atoms with Crippen LogP contribution in [-0.4, -0.2) is 43.1 Å². The molecule has 1 aromatic carbocycles. The third kappa shape index (κ3) is 4.03. The van der Waals surface area contributed by atoms with E-state index in [-0.39, 0.29) is 18.3 Å². The van der Waals surface area contributed by atoms with Crippen molar-refractivity contribution in [2.45, 2.75) is 6.18 Å². The van der Waals surface area contributed by atoms with Crippen LogP contribution in [0, 0.1) is 0 Å². The van der Waals surface area contributed by atoms with Gasteiger partial charge in [-0.25, -0.2) is 9.59 Å². The summed E-state index contributed by atoms with van der Waals surface area (Å²) in [6.45, 7) is 1.52. The predicted octanol–water partition coefficient (Wildman–Crippen LogP) is 1.85. The number of urea groups is 2. The van der Waals surface area contributed by atoms with Gasteiger partial charge in [-0.2, -0.15) is 13.2 Å². The number of nitrogens with zero attached hydrogens (tertiary/aromatic N) is 1. The summed E-state index contributed by atoms with van der Waals surface area (Å²) in [6.07, 6.45) is -4.54. The Kier molecular flexibility index (Phi) is 4.74. The Labute approximate surface area is 124 Å². The maximum absolute atomic E-state index is 12.8. The molecule has 1 saturated heterocycles. The lowest BCUT2D eigenvalue weighted by atomic mass is 10.1. The Morgan fingerprint density at radius 2 is 2.05 bits per heavy atom. The summed E-state index contributed by atoms with van der Waals surface area (Å²) in [5.74, 6) is 0. The van der Waals surface area contributed by atoms with Gasteiger partial charge in [0.2, 0.25) is 0 Å². The van der Waals surface area contributed by atoms with Crippen molar-refractivity contribution in [3.8, 4) is 0 Å². The molecule has 3 N–H and O–H groups in total. The number of hydrogen-bond acceptors (Lipinski definition) is 2. The van der Waals surface area contributed by atoms with Gasteiger partial charge in [-0.05, 0) is 12.1 Å². The number of halogens is 3. The standard InChI is InChI=1S/C13H15F3N4O2/c14-13(15,16)9-3-1-2-4-10(9)19-11(21)17-5-7-20-8-6-18-12(20)22/h1-4H,5-8H2,(H,18,22)(H2,17,19,21). The van der Waals surface area contributed by atoms with Gasteiger partial charge in [-0.15, -0.1) is 0 Å². The van der Waals surface area contributed by atoms with Gasteiger partial charge in [0.1, 0.15) is 0 Å². The van der Waals surface area contributed by atoms with E-state index in [1.807, 2.05) is 0 Å². The van der Waals surface area contributed by atoms with E-state index in [9.17, 15) is 22.8 Å². The molecule has 4 amide bonds. The summed E-state index contributed by atoms with van der Waals surface area (Å²) >= 11 is 0. The number of carbonyl (C=O) groups excluding carboxylic acids is 2. The van der Waals surface area contributed by atoms with E-state index in [0.717, 1.165) is 6.07 Å². The van der Waals surface area contributed by atoms with Crippen LogP contribution in [0.1, 0.15) is 5.56 Å². The number of hydrogen-bond donors (Lipinski definition) is 3. The number of para-hydroxylation sites is 1. The van der Waals surface area contributed by atoms with E-state index in [1.165, 1.54) is 23.1 Å². The first-order valence-corrected chi connectivity index (χ1v) is 6.62. The third-order valence-corrected chi connectivity index (χ3v) is 3.09. The molecule has 6 nitrogen and oxygen atoms in total. The van der Waals surface area contributed by atoms with Crippen LogP contribution in [0.15, 0.2) is 24.3 Å². The Balaban J connectivity index is 1.86. The van der Waals surface area contributed by atoms with Crippen molar-refractivity contribution in [3.05, 3.63) is 29.8 Å². The molecular weight excluding hydrogens is 301 g/mol. The first kappa shape index (κ1) is 15.9. The Bertz CT molecular complexity index is 562. The average molecular weight is 316 g/mol. The first-order chi connectivity index (χ1) is 10.4. The molecule has 1 aliphatic rings. The van der Waals surface area contributed by atoms with E-state index < -0.39 is 17.8 Å². The summed E-state index contributed by atoms with van der Waals surface area (Å²) in [7, 11) is 0. The van der Waals surface area contributed by atoms with Crippen molar-refractivity contribution in [3.63, 3.8) is 0 Å². The monoisotopic (exact) mass is 316 g/mol. The van der Waals surface area contributed by atoms with Gasteiger partial charge in [0.15, 0.2) is 0 Å². The van der Waals surface area contributed by atoms with Crippen molar-refractivity contribution in [1.29, 1.82) is 0 Å². The van der Waals surface area contributed by atoms with Crippen LogP contribution in [-0.2, 0) is 6.18 Å². The minimum Gasteiger partial charge on any atom is -0.336 e. The number of anilines is 1. The van der Waals surface area contributed by atoms with Gasteiger partial charge in [0.25, 0.3) is 0 Å². The lowest BCUT2D eigenvalue weighted by Crippen LogP contribution is -2.38. The smallest absolute Gasteiger partial charge is 0.336 e. The number of nitrogens with one attached hydrogen (secondary N) is 3. The molecular formula is C13H15F3N4O2. The van der Waals surface area contributed by atoms with Crippen LogP contribution in [0.25, 0.3) is 0 Å². The Morgan fingerprint density at radius 3 is 2.68 bits per heavy atom. The molecule has 0 unspecified atom stereocenters. The van der Waals surface area contributed by atoms with Gasteiger partial charge in [0.05, 0.1) is 11.3 Å². The van der Waals surface area contributed by atoms with Gasteiger partial charge in [-0.3, -0.25) is 0 Å². The van der Waals surface area contributed by atoms with Crippen molar-refractivity contribution in [2.75, 3.05) is 31.5 Å². The number of benzene rings is 1. The van der Waals surface area contributed by atoms with E-state index >= 15 is 0 Å². The van der Waals surface area contributed by atoms with E-state index in [1.54, 1.807) is 0 Å². The lowest BCUT2D eigenvalue weighted by Gasteiger charge is -2.16. The van der Waals surface area contributed by atoms with Crippen molar-refractivity contribution in [2.24, 2.45) is 0 Å². The summed E-state index contributed by atoms with van der Waals surface area (Å²) in [6, 6.07) is 3.75. The Hall–Kier alpha value is -2.45. The highest BCUT2D eigenvalue weighted by molar-refractivity contribution is 5.90. The molecule has 2 rings (SSSR count). The number of amides is 4. The molecule has 0 atom stereocenters. The molecule has 0 aliphatic carbocycles. The molecule has 120 valence electrons. The third-order valence-electron chi connectivity index (χ3n) is 3.09. The van der Waals surface area contributed by atoms with Gasteiger partial charge < -0.3 is 20.9 Å². The minimum atomic E-state index is -4.54. The van der Waals surface area contributed by atoms with E-state index in [0.29, 0.717) is 19.6 Å². The Morgan fingerprint density at radius 1 is 1.32 bits per heavy atom. The van der Waals surface area contributed by atoms with Crippen molar-refractivity contribution < 1.29 is 22.8 Å². The molecule has 1 aliphatic heterocycles. The lowest BCUT2D eigenvalue weighted by molar-refractivity contribution is -0.136. The largest absolute Gasteiger partial charge is 0.418 e. The summed E-state index contributed by atoms with van der Waals surface area (Å²) < 4.78 is 38.3. The fraction of sp³-hybridized carbons (Fsp3) is 0.385. The highest BCUT2D eigenvalue weighted by Gasteiger charge is 2.33. The molecule has 0 spiro atoms. The minimum absolute atomic E-state index is 0.146. The van der Waals surface area contributed by atoms with Crippen LogP contribution in [0.4, 0.5) is 28.4 Å².